The van der Waals surface area contributed by atoms with Gasteiger partial charge in [0.05, 0.1) is 35.2 Å². The van der Waals surface area contributed by atoms with Crippen molar-refractivity contribution in [1.29, 1.82) is 0 Å². The fourth-order valence-electron chi connectivity index (χ4n) is 2.13. The summed E-state index contributed by atoms with van der Waals surface area (Å²) >= 11 is 0. The predicted octanol–water partition coefficient (Wildman–Crippen LogP) is 1.86. The highest BCUT2D eigenvalue weighted by molar-refractivity contribution is 5.75. The SMILES string of the molecule is CC(C)(C)c1cc(Cn2cnc3ccncc3c2=O)[nH]n1. The highest BCUT2D eigenvalue weighted by atomic mass is 16.1. The molecule has 6 nitrogen and oxygen atoms in total. The minimum absolute atomic E-state index is 0.0226. The van der Waals surface area contributed by atoms with Gasteiger partial charge in [0, 0.05) is 17.8 Å². The Balaban J connectivity index is 1.97. The molecule has 0 radical (unpaired) electrons. The second-order valence-electron chi connectivity index (χ2n) is 6.10. The first-order valence-electron chi connectivity index (χ1n) is 6.79. The molecule has 0 aromatic carbocycles. The van der Waals surface area contributed by atoms with Crippen LogP contribution in [0.3, 0.4) is 0 Å². The molecule has 0 saturated carbocycles. The smallest absolute Gasteiger partial charge is 0.263 e. The van der Waals surface area contributed by atoms with Crippen LogP contribution in [0.4, 0.5) is 0 Å². The predicted molar refractivity (Wildman–Crippen MR) is 80.2 cm³/mol. The maximum absolute atomic E-state index is 12.4. The van der Waals surface area contributed by atoms with Gasteiger partial charge < -0.3 is 0 Å². The van der Waals surface area contributed by atoms with Crippen LogP contribution in [0, 0.1) is 0 Å². The van der Waals surface area contributed by atoms with Crippen molar-refractivity contribution in [3.8, 4) is 0 Å². The molecule has 0 saturated heterocycles. The molecule has 21 heavy (non-hydrogen) atoms. The van der Waals surface area contributed by atoms with Crippen molar-refractivity contribution in [3.05, 3.63) is 52.6 Å². The van der Waals surface area contributed by atoms with Gasteiger partial charge in [0.1, 0.15) is 0 Å². The maximum Gasteiger partial charge on any atom is 0.263 e. The largest absolute Gasteiger partial charge is 0.293 e. The first-order chi connectivity index (χ1) is 9.95. The number of fused-ring (bicyclic) bond motifs is 1. The molecule has 6 heteroatoms. The first kappa shape index (κ1) is 13.5. The van der Waals surface area contributed by atoms with Crippen LogP contribution >= 0.6 is 0 Å². The minimum Gasteiger partial charge on any atom is -0.293 e. The van der Waals surface area contributed by atoms with Crippen molar-refractivity contribution in [2.45, 2.75) is 32.7 Å². The van der Waals surface area contributed by atoms with E-state index in [0.29, 0.717) is 17.4 Å². The van der Waals surface area contributed by atoms with E-state index in [-0.39, 0.29) is 11.0 Å². The van der Waals surface area contributed by atoms with Gasteiger partial charge in [-0.25, -0.2) is 4.98 Å². The van der Waals surface area contributed by atoms with Gasteiger partial charge in [-0.2, -0.15) is 5.10 Å². The normalized spacial score (nSPS) is 12.0. The Hall–Kier alpha value is -2.50. The van der Waals surface area contributed by atoms with E-state index in [1.54, 1.807) is 29.4 Å². The lowest BCUT2D eigenvalue weighted by atomic mass is 9.92. The Morgan fingerprint density at radius 3 is 2.86 bits per heavy atom. The summed E-state index contributed by atoms with van der Waals surface area (Å²) in [5.74, 6) is 0. The zero-order valence-corrected chi connectivity index (χ0v) is 12.3. The van der Waals surface area contributed by atoms with Gasteiger partial charge in [-0.15, -0.1) is 0 Å². The first-order valence-corrected chi connectivity index (χ1v) is 6.79. The van der Waals surface area contributed by atoms with E-state index in [0.717, 1.165) is 11.4 Å². The molecule has 3 aromatic heterocycles. The number of pyridine rings is 1. The number of aromatic nitrogens is 5. The maximum atomic E-state index is 12.4. The topological polar surface area (TPSA) is 76.5 Å². The lowest BCUT2D eigenvalue weighted by molar-refractivity contribution is 0.567. The summed E-state index contributed by atoms with van der Waals surface area (Å²) in [7, 11) is 0. The molecule has 3 aromatic rings. The van der Waals surface area contributed by atoms with Crippen LogP contribution in [-0.4, -0.2) is 24.7 Å². The van der Waals surface area contributed by atoms with Crippen LogP contribution in [-0.2, 0) is 12.0 Å². The average molecular weight is 283 g/mol. The number of hydrogen-bond acceptors (Lipinski definition) is 4. The summed E-state index contributed by atoms with van der Waals surface area (Å²) < 4.78 is 1.56. The van der Waals surface area contributed by atoms with Crippen LogP contribution in [0.2, 0.25) is 0 Å². The second kappa shape index (κ2) is 4.80. The van der Waals surface area contributed by atoms with E-state index in [2.05, 4.69) is 40.9 Å². The van der Waals surface area contributed by atoms with Crippen molar-refractivity contribution >= 4 is 10.9 Å². The van der Waals surface area contributed by atoms with Gasteiger partial charge in [-0.1, -0.05) is 20.8 Å². The van der Waals surface area contributed by atoms with Gasteiger partial charge in [-0.3, -0.25) is 19.4 Å². The van der Waals surface area contributed by atoms with Gasteiger partial charge in [0.25, 0.3) is 5.56 Å². The van der Waals surface area contributed by atoms with E-state index >= 15 is 0 Å². The monoisotopic (exact) mass is 283 g/mol. The Kier molecular flexibility index (Phi) is 3.08. The van der Waals surface area contributed by atoms with Crippen LogP contribution in [0.25, 0.3) is 10.9 Å². The van der Waals surface area contributed by atoms with Crippen molar-refractivity contribution in [1.82, 2.24) is 24.7 Å². The van der Waals surface area contributed by atoms with Crippen molar-refractivity contribution in [2.75, 3.05) is 0 Å². The summed E-state index contributed by atoms with van der Waals surface area (Å²) in [6, 6.07) is 3.72. The molecule has 0 aliphatic heterocycles. The third-order valence-corrected chi connectivity index (χ3v) is 3.37. The molecule has 0 bridgehead atoms. The summed E-state index contributed by atoms with van der Waals surface area (Å²) in [4.78, 5) is 20.7. The molecule has 3 heterocycles. The molecule has 0 aliphatic rings. The second-order valence-corrected chi connectivity index (χ2v) is 6.10. The van der Waals surface area contributed by atoms with Crippen LogP contribution < -0.4 is 5.56 Å². The van der Waals surface area contributed by atoms with Crippen molar-refractivity contribution in [2.24, 2.45) is 0 Å². The molecule has 0 spiro atoms. The van der Waals surface area contributed by atoms with Gasteiger partial charge in [0.2, 0.25) is 0 Å². The number of H-pyrrole nitrogens is 1. The number of rotatable bonds is 2. The molecule has 0 fully saturated rings. The number of nitrogens with zero attached hydrogens (tertiary/aromatic N) is 4. The minimum atomic E-state index is -0.0972. The molecule has 1 N–H and O–H groups in total. The van der Waals surface area contributed by atoms with Crippen LogP contribution in [0.1, 0.15) is 32.2 Å². The van der Waals surface area contributed by atoms with Crippen LogP contribution in [0.5, 0.6) is 0 Å². The third-order valence-electron chi connectivity index (χ3n) is 3.37. The van der Waals surface area contributed by atoms with Gasteiger partial charge >= 0.3 is 0 Å². The number of hydrogen-bond donors (Lipinski definition) is 1. The number of nitrogens with one attached hydrogen (secondary N) is 1. The summed E-state index contributed by atoms with van der Waals surface area (Å²) in [6.07, 6.45) is 4.74. The lowest BCUT2D eigenvalue weighted by Gasteiger charge is -2.13. The van der Waals surface area contributed by atoms with E-state index in [1.165, 1.54) is 0 Å². The Morgan fingerprint density at radius 1 is 1.33 bits per heavy atom. The summed E-state index contributed by atoms with van der Waals surface area (Å²) in [6.45, 7) is 6.72. The molecule has 3 rings (SSSR count). The fourth-order valence-corrected chi connectivity index (χ4v) is 2.13. The molecule has 0 amide bonds. The van der Waals surface area contributed by atoms with Crippen molar-refractivity contribution < 1.29 is 0 Å². The van der Waals surface area contributed by atoms with Crippen molar-refractivity contribution in [3.63, 3.8) is 0 Å². The van der Waals surface area contributed by atoms with Gasteiger partial charge in [0.15, 0.2) is 0 Å². The van der Waals surface area contributed by atoms with E-state index in [1.807, 2.05) is 6.07 Å². The zero-order valence-electron chi connectivity index (χ0n) is 12.3. The fraction of sp³-hybridized carbons (Fsp3) is 0.333. The summed E-state index contributed by atoms with van der Waals surface area (Å²) in [5.41, 5.74) is 2.39. The molecule has 0 atom stereocenters. The molecular formula is C15H17N5O. The summed E-state index contributed by atoms with van der Waals surface area (Å²) in [5, 5.41) is 7.81. The molecule has 0 aliphatic carbocycles. The Labute approximate surface area is 121 Å². The highest BCUT2D eigenvalue weighted by Gasteiger charge is 2.17. The lowest BCUT2D eigenvalue weighted by Crippen LogP contribution is -2.21. The van der Waals surface area contributed by atoms with Crippen LogP contribution in [0.15, 0.2) is 35.6 Å². The molecule has 0 unspecified atom stereocenters. The average Bonchev–Trinajstić information content (AvgIpc) is 2.91. The quantitative estimate of drug-likeness (QED) is 0.779. The molecule has 108 valence electrons. The Bertz CT molecular complexity index is 841. The zero-order chi connectivity index (χ0) is 15.0. The highest BCUT2D eigenvalue weighted by Crippen LogP contribution is 2.20. The standard InChI is InChI=1S/C15H17N5O/c1-15(2,3)13-6-10(18-19-13)8-20-9-17-12-4-5-16-7-11(12)14(20)21/h4-7,9H,8H2,1-3H3,(H,18,19). The third kappa shape index (κ3) is 2.56. The van der Waals surface area contributed by atoms with E-state index in [9.17, 15) is 4.79 Å². The van der Waals surface area contributed by atoms with E-state index in [4.69, 9.17) is 0 Å². The van der Waals surface area contributed by atoms with E-state index < -0.39 is 0 Å². The number of aromatic amines is 1. The Morgan fingerprint density at radius 2 is 2.14 bits per heavy atom. The molecular weight excluding hydrogens is 266 g/mol. The van der Waals surface area contributed by atoms with Gasteiger partial charge in [-0.05, 0) is 12.1 Å².